The molecule has 0 bridgehead atoms. The van der Waals surface area contributed by atoms with Crippen molar-refractivity contribution >= 4 is 43.5 Å². The number of nitrogens with zero attached hydrogens (tertiary/aromatic N) is 3. The van der Waals surface area contributed by atoms with Gasteiger partial charge in [-0.05, 0) is 59.0 Å². The van der Waals surface area contributed by atoms with Crippen molar-refractivity contribution < 1.29 is 0 Å². The first-order valence-electron chi connectivity index (χ1n) is 12.9. The van der Waals surface area contributed by atoms with Gasteiger partial charge in [0.2, 0.25) is 0 Å². The third-order valence-corrected chi connectivity index (χ3v) is 7.64. The molecule has 5 aromatic carbocycles. The predicted octanol–water partition coefficient (Wildman–Crippen LogP) is 8.94. The molecule has 0 spiro atoms. The molecule has 0 unspecified atom stereocenters. The minimum absolute atomic E-state index is 1.12. The average molecular weight is 486 g/mol. The van der Waals surface area contributed by atoms with Gasteiger partial charge in [0.05, 0.1) is 16.6 Å². The molecule has 0 fully saturated rings. The zero-order valence-electron chi connectivity index (χ0n) is 20.6. The van der Waals surface area contributed by atoms with Crippen LogP contribution in [-0.4, -0.2) is 14.1 Å². The van der Waals surface area contributed by atoms with E-state index in [9.17, 15) is 0 Å². The van der Waals surface area contributed by atoms with Crippen molar-refractivity contribution in [3.05, 3.63) is 140 Å². The van der Waals surface area contributed by atoms with E-state index >= 15 is 0 Å². The molecule has 3 heteroatoms. The van der Waals surface area contributed by atoms with Crippen LogP contribution in [0.15, 0.2) is 140 Å². The summed E-state index contributed by atoms with van der Waals surface area (Å²) in [7, 11) is 0. The van der Waals surface area contributed by atoms with E-state index in [1.807, 2.05) is 18.5 Å². The fourth-order valence-corrected chi connectivity index (χ4v) is 5.89. The van der Waals surface area contributed by atoms with Gasteiger partial charge in [0, 0.05) is 51.5 Å². The highest BCUT2D eigenvalue weighted by atomic mass is 15.0. The number of hydrogen-bond acceptors (Lipinski definition) is 1. The van der Waals surface area contributed by atoms with Crippen LogP contribution < -0.4 is 0 Å². The molecule has 0 N–H and O–H groups in total. The lowest BCUT2D eigenvalue weighted by Gasteiger charge is -2.12. The Hall–Kier alpha value is -5.15. The van der Waals surface area contributed by atoms with Gasteiger partial charge < -0.3 is 9.13 Å². The standard InChI is InChI=1S/C35H23N3/c1-2-9-27(10-3-1)37-22-20-32-33(37)19-18-31-30-17-14-25-7-4-5-11-29(25)34(30)38(35(31)32)28-15-12-24(13-16-28)26-8-6-21-36-23-26/h1-23H. The Labute approximate surface area is 219 Å². The Morgan fingerprint density at radius 1 is 0.474 bits per heavy atom. The second kappa shape index (κ2) is 8.19. The van der Waals surface area contributed by atoms with Crippen molar-refractivity contribution in [2.45, 2.75) is 0 Å². The second-order valence-electron chi connectivity index (χ2n) is 9.72. The minimum Gasteiger partial charge on any atom is -0.316 e. The van der Waals surface area contributed by atoms with Crippen LogP contribution in [0.5, 0.6) is 0 Å². The summed E-state index contributed by atoms with van der Waals surface area (Å²) in [4.78, 5) is 4.30. The van der Waals surface area contributed by atoms with Crippen molar-refractivity contribution in [1.82, 2.24) is 14.1 Å². The van der Waals surface area contributed by atoms with Gasteiger partial charge in [-0.25, -0.2) is 0 Å². The summed E-state index contributed by atoms with van der Waals surface area (Å²) in [5.74, 6) is 0. The Bertz CT molecular complexity index is 2100. The molecule has 0 radical (unpaired) electrons. The van der Waals surface area contributed by atoms with Crippen LogP contribution in [0.3, 0.4) is 0 Å². The zero-order valence-corrected chi connectivity index (χ0v) is 20.6. The molecule has 0 amide bonds. The lowest BCUT2D eigenvalue weighted by Crippen LogP contribution is -1.96. The summed E-state index contributed by atoms with van der Waals surface area (Å²) in [5, 5.41) is 6.27. The van der Waals surface area contributed by atoms with Gasteiger partial charge in [-0.15, -0.1) is 0 Å². The highest BCUT2D eigenvalue weighted by Crippen LogP contribution is 2.40. The third kappa shape index (κ3) is 3.06. The molecule has 38 heavy (non-hydrogen) atoms. The van der Waals surface area contributed by atoms with Crippen molar-refractivity contribution in [3.63, 3.8) is 0 Å². The van der Waals surface area contributed by atoms with Crippen molar-refractivity contribution in [3.8, 4) is 22.5 Å². The van der Waals surface area contributed by atoms with Crippen LogP contribution in [0.4, 0.5) is 0 Å². The van der Waals surface area contributed by atoms with E-state index in [1.54, 1.807) is 0 Å². The van der Waals surface area contributed by atoms with Gasteiger partial charge in [0.25, 0.3) is 0 Å². The Balaban J connectivity index is 1.48. The summed E-state index contributed by atoms with van der Waals surface area (Å²) in [6, 6.07) is 43.5. The summed E-state index contributed by atoms with van der Waals surface area (Å²) in [5.41, 5.74) is 8.26. The smallest absolute Gasteiger partial charge is 0.0635 e. The van der Waals surface area contributed by atoms with E-state index in [4.69, 9.17) is 0 Å². The maximum absolute atomic E-state index is 4.30. The second-order valence-corrected chi connectivity index (χ2v) is 9.72. The zero-order chi connectivity index (χ0) is 25.1. The fraction of sp³-hybridized carbons (Fsp3) is 0. The lowest BCUT2D eigenvalue weighted by molar-refractivity contribution is 1.13. The van der Waals surface area contributed by atoms with Crippen LogP contribution in [0.2, 0.25) is 0 Å². The molecule has 0 saturated heterocycles. The number of benzene rings is 5. The van der Waals surface area contributed by atoms with Gasteiger partial charge in [-0.3, -0.25) is 4.98 Å². The molecule has 3 heterocycles. The predicted molar refractivity (Wildman–Crippen MR) is 158 cm³/mol. The molecule has 0 saturated carbocycles. The van der Waals surface area contributed by atoms with Crippen LogP contribution in [0, 0.1) is 0 Å². The highest BCUT2D eigenvalue weighted by Gasteiger charge is 2.18. The first kappa shape index (κ1) is 21.0. The molecule has 8 aromatic rings. The molecule has 0 aliphatic rings. The van der Waals surface area contributed by atoms with E-state index in [0.717, 1.165) is 22.5 Å². The summed E-state index contributed by atoms with van der Waals surface area (Å²) >= 11 is 0. The van der Waals surface area contributed by atoms with Gasteiger partial charge >= 0.3 is 0 Å². The van der Waals surface area contributed by atoms with Crippen molar-refractivity contribution in [2.75, 3.05) is 0 Å². The first-order chi connectivity index (χ1) is 18.9. The van der Waals surface area contributed by atoms with E-state index in [2.05, 4.69) is 136 Å². The van der Waals surface area contributed by atoms with Crippen LogP contribution >= 0.6 is 0 Å². The van der Waals surface area contributed by atoms with E-state index < -0.39 is 0 Å². The largest absolute Gasteiger partial charge is 0.316 e. The van der Waals surface area contributed by atoms with E-state index in [-0.39, 0.29) is 0 Å². The lowest BCUT2D eigenvalue weighted by atomic mass is 10.1. The van der Waals surface area contributed by atoms with Crippen molar-refractivity contribution in [1.29, 1.82) is 0 Å². The quantitative estimate of drug-likeness (QED) is 0.245. The van der Waals surface area contributed by atoms with Crippen molar-refractivity contribution in [2.24, 2.45) is 0 Å². The SMILES string of the molecule is c1ccc(-n2ccc3c2ccc2c4ccc5ccccc5c4n(-c4ccc(-c5cccnc5)cc4)c23)cc1. The summed E-state index contributed by atoms with van der Waals surface area (Å²) < 4.78 is 4.73. The van der Waals surface area contributed by atoms with Crippen LogP contribution in [0.25, 0.3) is 66.0 Å². The molecule has 0 atom stereocenters. The normalized spacial score (nSPS) is 11.7. The molecule has 3 nitrogen and oxygen atoms in total. The number of pyridine rings is 1. The Kier molecular flexibility index (Phi) is 4.52. The molecule has 178 valence electrons. The Morgan fingerprint density at radius 3 is 2.05 bits per heavy atom. The van der Waals surface area contributed by atoms with Crippen LogP contribution in [-0.2, 0) is 0 Å². The molecule has 0 aliphatic heterocycles. The van der Waals surface area contributed by atoms with Crippen LogP contribution in [0.1, 0.15) is 0 Å². The number of rotatable bonds is 3. The topological polar surface area (TPSA) is 22.8 Å². The maximum Gasteiger partial charge on any atom is 0.0635 e. The molecular formula is C35H23N3. The first-order valence-corrected chi connectivity index (χ1v) is 12.9. The fourth-order valence-electron chi connectivity index (χ4n) is 5.89. The Morgan fingerprint density at radius 2 is 1.24 bits per heavy atom. The molecular weight excluding hydrogens is 462 g/mol. The van der Waals surface area contributed by atoms with Gasteiger partial charge in [0.1, 0.15) is 0 Å². The van der Waals surface area contributed by atoms with Gasteiger partial charge in [-0.1, -0.05) is 78.9 Å². The monoisotopic (exact) mass is 485 g/mol. The van der Waals surface area contributed by atoms with Gasteiger partial charge in [0.15, 0.2) is 0 Å². The number of aromatic nitrogens is 3. The third-order valence-electron chi connectivity index (χ3n) is 7.64. The average Bonchev–Trinajstić information content (AvgIpc) is 3.58. The highest BCUT2D eigenvalue weighted by molar-refractivity contribution is 6.23. The molecule has 3 aromatic heterocycles. The summed E-state index contributed by atoms with van der Waals surface area (Å²) in [6.07, 6.45) is 5.91. The van der Waals surface area contributed by atoms with Gasteiger partial charge in [-0.2, -0.15) is 0 Å². The van der Waals surface area contributed by atoms with E-state index in [0.29, 0.717) is 0 Å². The number of para-hydroxylation sites is 1. The number of hydrogen-bond donors (Lipinski definition) is 0. The van der Waals surface area contributed by atoms with E-state index in [1.165, 1.54) is 43.5 Å². The molecule has 0 aliphatic carbocycles. The molecule has 8 rings (SSSR count). The number of fused-ring (bicyclic) bond motifs is 7. The minimum atomic E-state index is 1.12. The summed E-state index contributed by atoms with van der Waals surface area (Å²) in [6.45, 7) is 0. The maximum atomic E-state index is 4.30.